The van der Waals surface area contributed by atoms with Gasteiger partial charge < -0.3 is 15.4 Å². The third kappa shape index (κ3) is 7.93. The summed E-state index contributed by atoms with van der Waals surface area (Å²) >= 11 is 0. The summed E-state index contributed by atoms with van der Waals surface area (Å²) in [4.78, 5) is 25.0. The van der Waals surface area contributed by atoms with Crippen molar-refractivity contribution < 1.29 is 31.9 Å². The van der Waals surface area contributed by atoms with E-state index in [1.54, 1.807) is 36.4 Å². The van der Waals surface area contributed by atoms with Crippen LogP contribution in [0.25, 0.3) is 12.2 Å². The molecule has 0 aliphatic carbocycles. The fraction of sp³-hybridized carbons (Fsp3) is 0. The van der Waals surface area contributed by atoms with Crippen molar-refractivity contribution in [2.75, 3.05) is 10.6 Å². The summed E-state index contributed by atoms with van der Waals surface area (Å²) in [5.41, 5.74) is 0.325. The maximum atomic E-state index is 13.4. The molecule has 0 radical (unpaired) electrons. The lowest BCUT2D eigenvalue weighted by Gasteiger charge is -2.09. The fourth-order valence-electron chi connectivity index (χ4n) is 3.58. The van der Waals surface area contributed by atoms with Gasteiger partial charge in [0.1, 0.15) is 34.8 Å². The minimum Gasteiger partial charge on any atom is -0.457 e. The van der Waals surface area contributed by atoms with Gasteiger partial charge in [0.2, 0.25) is 0 Å². The van der Waals surface area contributed by atoms with Crippen LogP contribution in [0.5, 0.6) is 11.5 Å². The molecule has 0 heterocycles. The SMILES string of the molecule is N#C/C(=C\c1ccc(F)c(F)c1)C(=O)Nc1ccc(Oc2ccc(NC(=O)/C(C#N)=C/c3ccc(F)c(F)c3)cc2)cc1. The Kier molecular flexibility index (Phi) is 9.31. The molecule has 0 aliphatic heterocycles. The number of carbonyl (C=O) groups excluding carboxylic acids is 2. The molecule has 4 rings (SSSR count). The molecule has 0 bridgehead atoms. The van der Waals surface area contributed by atoms with Crippen molar-refractivity contribution in [1.82, 2.24) is 0 Å². The molecule has 212 valence electrons. The molecule has 0 aromatic heterocycles. The van der Waals surface area contributed by atoms with E-state index in [1.165, 1.54) is 36.4 Å². The van der Waals surface area contributed by atoms with Crippen LogP contribution in [0.1, 0.15) is 11.1 Å². The van der Waals surface area contributed by atoms with Gasteiger partial charge in [0.15, 0.2) is 23.3 Å². The zero-order valence-corrected chi connectivity index (χ0v) is 21.9. The molecule has 0 fully saturated rings. The average Bonchev–Trinajstić information content (AvgIpc) is 3.00. The summed E-state index contributed by atoms with van der Waals surface area (Å²) in [5, 5.41) is 23.7. The molecular weight excluding hydrogens is 564 g/mol. The number of rotatable bonds is 8. The largest absolute Gasteiger partial charge is 0.457 e. The van der Waals surface area contributed by atoms with Gasteiger partial charge in [-0.2, -0.15) is 10.5 Å². The van der Waals surface area contributed by atoms with E-state index in [0.717, 1.165) is 36.4 Å². The molecule has 0 saturated heterocycles. The van der Waals surface area contributed by atoms with Crippen LogP contribution in [-0.4, -0.2) is 11.8 Å². The molecule has 43 heavy (non-hydrogen) atoms. The van der Waals surface area contributed by atoms with Crippen LogP contribution >= 0.6 is 0 Å². The van der Waals surface area contributed by atoms with Crippen LogP contribution in [0.3, 0.4) is 0 Å². The van der Waals surface area contributed by atoms with E-state index in [0.29, 0.717) is 22.9 Å². The predicted octanol–water partition coefficient (Wildman–Crippen LogP) is 7.13. The van der Waals surface area contributed by atoms with Crippen molar-refractivity contribution in [2.24, 2.45) is 0 Å². The fourth-order valence-corrected chi connectivity index (χ4v) is 3.58. The smallest absolute Gasteiger partial charge is 0.266 e. The molecule has 0 atom stereocenters. The molecule has 0 unspecified atom stereocenters. The van der Waals surface area contributed by atoms with Crippen LogP contribution in [-0.2, 0) is 9.59 Å². The minimum atomic E-state index is -1.11. The summed E-state index contributed by atoms with van der Waals surface area (Å²) in [6, 6.07) is 21.7. The Morgan fingerprint density at radius 1 is 0.581 bits per heavy atom. The van der Waals surface area contributed by atoms with Gasteiger partial charge in [-0.3, -0.25) is 9.59 Å². The first kappa shape index (κ1) is 29.8. The van der Waals surface area contributed by atoms with Crippen LogP contribution in [0.4, 0.5) is 28.9 Å². The van der Waals surface area contributed by atoms with E-state index in [2.05, 4.69) is 10.6 Å². The second-order valence-corrected chi connectivity index (χ2v) is 8.75. The summed E-state index contributed by atoms with van der Waals surface area (Å²) in [6.45, 7) is 0. The highest BCUT2D eigenvalue weighted by Gasteiger charge is 2.13. The van der Waals surface area contributed by atoms with Gasteiger partial charge in [0.05, 0.1) is 0 Å². The number of amides is 2. The first-order chi connectivity index (χ1) is 20.6. The molecule has 4 aromatic rings. The zero-order valence-electron chi connectivity index (χ0n) is 21.9. The normalized spacial score (nSPS) is 11.2. The Morgan fingerprint density at radius 2 is 0.953 bits per heavy atom. The number of anilines is 2. The van der Waals surface area contributed by atoms with Crippen molar-refractivity contribution in [2.45, 2.75) is 0 Å². The molecular formula is C32H18F4N4O3. The zero-order chi connectivity index (χ0) is 30.9. The lowest BCUT2D eigenvalue weighted by Crippen LogP contribution is -2.13. The molecule has 0 spiro atoms. The first-order valence-electron chi connectivity index (χ1n) is 12.3. The Labute approximate surface area is 242 Å². The van der Waals surface area contributed by atoms with Gasteiger partial charge in [-0.1, -0.05) is 12.1 Å². The van der Waals surface area contributed by atoms with E-state index in [9.17, 15) is 37.7 Å². The van der Waals surface area contributed by atoms with Crippen molar-refractivity contribution in [3.8, 4) is 23.6 Å². The molecule has 2 N–H and O–H groups in total. The summed E-state index contributed by atoms with van der Waals surface area (Å²) in [6.07, 6.45) is 2.26. The van der Waals surface area contributed by atoms with Gasteiger partial charge in [0.25, 0.3) is 11.8 Å². The van der Waals surface area contributed by atoms with Crippen LogP contribution in [0, 0.1) is 45.9 Å². The first-order valence-corrected chi connectivity index (χ1v) is 12.3. The third-order valence-electron chi connectivity index (χ3n) is 5.70. The van der Waals surface area contributed by atoms with Gasteiger partial charge in [-0.05, 0) is 96.1 Å². The quantitative estimate of drug-likeness (QED) is 0.130. The standard InChI is InChI=1S/C32H18F4N4O3/c33-27-11-1-19(15-29(27)35)13-21(17-37)31(41)39-23-3-7-25(8-4-23)43-26-9-5-24(6-10-26)40-32(42)22(18-38)14-20-2-12-28(34)30(36)16-20/h1-16H,(H,39,41)(H,40,42)/b21-13+,22-14+. The van der Waals surface area contributed by atoms with Crippen LogP contribution < -0.4 is 15.4 Å². The van der Waals surface area contributed by atoms with E-state index in [4.69, 9.17) is 4.74 Å². The number of carbonyl (C=O) groups is 2. The number of hydrogen-bond acceptors (Lipinski definition) is 5. The molecule has 7 nitrogen and oxygen atoms in total. The molecule has 4 aromatic carbocycles. The molecule has 11 heteroatoms. The number of nitrogens with zero attached hydrogens (tertiary/aromatic N) is 2. The highest BCUT2D eigenvalue weighted by Crippen LogP contribution is 2.25. The van der Waals surface area contributed by atoms with Crippen molar-refractivity contribution in [1.29, 1.82) is 10.5 Å². The number of halogens is 4. The van der Waals surface area contributed by atoms with Crippen molar-refractivity contribution >= 4 is 35.3 Å². The predicted molar refractivity (Wildman–Crippen MR) is 150 cm³/mol. The Balaban J connectivity index is 1.35. The minimum absolute atomic E-state index is 0.142. The lowest BCUT2D eigenvalue weighted by molar-refractivity contribution is -0.113. The Hall–Kier alpha value is -6.20. The summed E-state index contributed by atoms with van der Waals surface area (Å²) in [5.74, 6) is -5.02. The van der Waals surface area contributed by atoms with Crippen molar-refractivity contribution in [3.63, 3.8) is 0 Å². The van der Waals surface area contributed by atoms with Crippen molar-refractivity contribution in [3.05, 3.63) is 130 Å². The van der Waals surface area contributed by atoms with Crippen LogP contribution in [0.15, 0.2) is 96.1 Å². The number of nitrogens with one attached hydrogen (secondary N) is 2. The second kappa shape index (κ2) is 13.4. The van der Waals surface area contributed by atoms with E-state index < -0.39 is 35.1 Å². The Bertz CT molecular complexity index is 1700. The molecule has 0 saturated carbocycles. The highest BCUT2D eigenvalue weighted by atomic mass is 19.2. The average molecular weight is 583 g/mol. The van der Waals surface area contributed by atoms with Gasteiger partial charge in [0, 0.05) is 11.4 Å². The summed E-state index contributed by atoms with van der Waals surface area (Å²) < 4.78 is 58.8. The Morgan fingerprint density at radius 3 is 1.28 bits per heavy atom. The topological polar surface area (TPSA) is 115 Å². The maximum absolute atomic E-state index is 13.4. The van der Waals surface area contributed by atoms with E-state index in [-0.39, 0.29) is 22.3 Å². The lowest BCUT2D eigenvalue weighted by atomic mass is 10.1. The van der Waals surface area contributed by atoms with Gasteiger partial charge >= 0.3 is 0 Å². The highest BCUT2D eigenvalue weighted by molar-refractivity contribution is 6.10. The number of nitriles is 2. The number of benzene rings is 4. The van der Waals surface area contributed by atoms with Gasteiger partial charge in [-0.25, -0.2) is 17.6 Å². The van der Waals surface area contributed by atoms with Gasteiger partial charge in [-0.15, -0.1) is 0 Å². The maximum Gasteiger partial charge on any atom is 0.266 e. The van der Waals surface area contributed by atoms with E-state index >= 15 is 0 Å². The third-order valence-corrected chi connectivity index (χ3v) is 5.70. The second-order valence-electron chi connectivity index (χ2n) is 8.75. The monoisotopic (exact) mass is 582 g/mol. The van der Waals surface area contributed by atoms with Crippen LogP contribution in [0.2, 0.25) is 0 Å². The molecule has 2 amide bonds. The summed E-state index contributed by atoms with van der Waals surface area (Å²) in [7, 11) is 0. The number of ether oxygens (including phenoxy) is 1. The van der Waals surface area contributed by atoms with E-state index in [1.807, 2.05) is 0 Å². The number of hydrogen-bond donors (Lipinski definition) is 2. The molecule has 0 aliphatic rings.